The van der Waals surface area contributed by atoms with Gasteiger partial charge in [-0.05, 0) is 5.56 Å². The monoisotopic (exact) mass is 304 g/mol. The topological polar surface area (TPSA) is 49.7 Å². The second-order valence-corrected chi connectivity index (χ2v) is 6.84. The lowest BCUT2D eigenvalue weighted by molar-refractivity contribution is -0.0739. The van der Waals surface area contributed by atoms with Crippen LogP contribution < -0.4 is 0 Å². The number of methoxy groups -OCH3 is 1. The summed E-state index contributed by atoms with van der Waals surface area (Å²) in [6.07, 6.45) is -0.912. The summed E-state index contributed by atoms with van der Waals surface area (Å²) in [7, 11) is 1.46. The number of thiocarbonyl (C=S) groups is 1. The Morgan fingerprint density at radius 2 is 2.06 bits per heavy atom. The molecule has 0 aromatic heterocycles. The fourth-order valence-corrected chi connectivity index (χ4v) is 3.70. The molecule has 0 spiro atoms. The number of ether oxygens (including phenoxy) is 1. The predicted octanol–water partition coefficient (Wildman–Crippen LogP) is 2.44. The maximum absolute atomic E-state index is 9.88. The molecule has 0 aliphatic carbocycles. The van der Waals surface area contributed by atoms with Gasteiger partial charge in [0, 0.05) is 12.9 Å². The minimum absolute atomic E-state index is 0.0915. The van der Waals surface area contributed by atoms with Crippen LogP contribution in [0.2, 0.25) is 0 Å². The first kappa shape index (κ1) is 15.9. The number of aliphatic hydroxyl groups is 2. The Kier molecular flexibility index (Phi) is 7.88. The molecule has 0 saturated carbocycles. The molecule has 2 atom stereocenters. The molecule has 0 fully saturated rings. The molecule has 0 aliphatic rings. The van der Waals surface area contributed by atoms with Gasteiger partial charge >= 0.3 is 0 Å². The molecule has 0 amide bonds. The fraction of sp³-hybridized carbons (Fsp3) is 0.417. The van der Waals surface area contributed by atoms with E-state index in [9.17, 15) is 5.11 Å². The zero-order valence-corrected chi connectivity index (χ0v) is 12.4. The van der Waals surface area contributed by atoms with Gasteiger partial charge in [-0.3, -0.25) is 0 Å². The largest absolute Gasteiger partial charge is 0.396 e. The summed E-state index contributed by atoms with van der Waals surface area (Å²) in [6.45, 7) is 0.0915. The van der Waals surface area contributed by atoms with Crippen LogP contribution in [-0.2, 0) is 4.74 Å². The van der Waals surface area contributed by atoms with E-state index in [1.165, 1.54) is 30.6 Å². The van der Waals surface area contributed by atoms with Crippen molar-refractivity contribution in [2.24, 2.45) is 0 Å². The van der Waals surface area contributed by atoms with Crippen molar-refractivity contribution in [2.45, 2.75) is 11.5 Å². The molecule has 1 aromatic rings. The van der Waals surface area contributed by atoms with Gasteiger partial charge in [-0.15, -0.1) is 11.8 Å². The van der Waals surface area contributed by atoms with Gasteiger partial charge in [0.25, 0.3) is 0 Å². The summed E-state index contributed by atoms with van der Waals surface area (Å²) >= 11 is 7.99. The third-order valence-electron chi connectivity index (χ3n) is 2.16. The van der Waals surface area contributed by atoms with E-state index in [4.69, 9.17) is 22.1 Å². The van der Waals surface area contributed by atoms with Crippen LogP contribution in [0.15, 0.2) is 30.3 Å². The molecule has 1 rings (SSSR count). The van der Waals surface area contributed by atoms with Crippen molar-refractivity contribution in [2.75, 3.05) is 19.5 Å². The van der Waals surface area contributed by atoms with E-state index in [0.717, 1.165) is 5.56 Å². The van der Waals surface area contributed by atoms with Gasteiger partial charge in [0.15, 0.2) is 6.29 Å². The van der Waals surface area contributed by atoms with Gasteiger partial charge in [-0.2, -0.15) is 0 Å². The summed E-state index contributed by atoms with van der Waals surface area (Å²) in [5, 5.41) is 18.4. The van der Waals surface area contributed by atoms with E-state index in [1.807, 2.05) is 30.3 Å². The average Bonchev–Trinajstić information content (AvgIpc) is 2.42. The van der Waals surface area contributed by atoms with E-state index in [1.54, 1.807) is 0 Å². The second-order valence-electron chi connectivity index (χ2n) is 3.40. The quantitative estimate of drug-likeness (QED) is 0.622. The second kappa shape index (κ2) is 8.90. The van der Waals surface area contributed by atoms with Gasteiger partial charge in [0.05, 0.1) is 11.9 Å². The van der Waals surface area contributed by atoms with Crippen molar-refractivity contribution in [1.82, 2.24) is 0 Å². The normalized spacial score (nSPS) is 14.2. The molecule has 0 bridgehead atoms. The maximum atomic E-state index is 9.88. The molecule has 0 heterocycles. The van der Waals surface area contributed by atoms with E-state index in [0.29, 0.717) is 9.28 Å². The predicted molar refractivity (Wildman–Crippen MR) is 81.9 cm³/mol. The Bertz CT molecular complexity index is 359. The van der Waals surface area contributed by atoms with Crippen LogP contribution in [0, 0.1) is 0 Å². The molecule has 0 radical (unpaired) electrons. The number of hydrogen-bond acceptors (Lipinski definition) is 6. The summed E-state index contributed by atoms with van der Waals surface area (Å²) in [6, 6.07) is 9.60. The molecule has 2 N–H and O–H groups in total. The number of rotatable bonds is 6. The van der Waals surface area contributed by atoms with Gasteiger partial charge in [-0.25, -0.2) is 0 Å². The Hall–Kier alpha value is -0.110. The van der Waals surface area contributed by atoms with Crippen LogP contribution in [-0.4, -0.2) is 39.5 Å². The van der Waals surface area contributed by atoms with Crippen LogP contribution in [0.5, 0.6) is 0 Å². The zero-order valence-electron chi connectivity index (χ0n) is 9.98. The molecule has 100 valence electrons. The van der Waals surface area contributed by atoms with Crippen molar-refractivity contribution < 1.29 is 14.9 Å². The molecule has 3 nitrogen and oxygen atoms in total. The summed E-state index contributed by atoms with van der Waals surface area (Å²) in [5.41, 5.74) is 0.962. The lowest BCUT2D eigenvalue weighted by atomic mass is 10.1. The molecule has 1 aromatic carbocycles. The Morgan fingerprint density at radius 3 is 2.61 bits per heavy atom. The highest BCUT2D eigenvalue weighted by molar-refractivity contribution is 8.47. The first-order chi connectivity index (χ1) is 8.69. The van der Waals surface area contributed by atoms with Gasteiger partial charge in [0.1, 0.15) is 3.53 Å². The van der Waals surface area contributed by atoms with Gasteiger partial charge < -0.3 is 14.9 Å². The van der Waals surface area contributed by atoms with Crippen LogP contribution in [0.4, 0.5) is 0 Å². The van der Waals surface area contributed by atoms with E-state index in [2.05, 4.69) is 0 Å². The third-order valence-corrected chi connectivity index (χ3v) is 5.02. The number of thioether (sulfide) groups is 2. The molecule has 6 heteroatoms. The van der Waals surface area contributed by atoms with Crippen LogP contribution in [0.1, 0.15) is 10.8 Å². The van der Waals surface area contributed by atoms with Crippen LogP contribution in [0.25, 0.3) is 0 Å². The van der Waals surface area contributed by atoms with Crippen molar-refractivity contribution in [1.29, 1.82) is 0 Å². The lowest BCUT2D eigenvalue weighted by Gasteiger charge is -2.21. The van der Waals surface area contributed by atoms with Crippen LogP contribution >= 0.6 is 35.7 Å². The first-order valence-corrected chi connectivity index (χ1v) is 7.66. The molecule has 18 heavy (non-hydrogen) atoms. The number of benzene rings is 1. The average molecular weight is 304 g/mol. The molecule has 2 unspecified atom stereocenters. The zero-order chi connectivity index (χ0) is 13.4. The van der Waals surface area contributed by atoms with Crippen molar-refractivity contribution in [3.05, 3.63) is 35.9 Å². The Balaban J connectivity index is 2.71. The molecule has 0 aliphatic heterocycles. The Labute approximate surface area is 121 Å². The molecule has 0 saturated heterocycles. The number of aliphatic hydroxyl groups excluding tert-OH is 2. The number of hydrogen-bond donors (Lipinski definition) is 2. The minimum Gasteiger partial charge on any atom is -0.396 e. The first-order valence-electron chi connectivity index (χ1n) is 5.39. The summed E-state index contributed by atoms with van der Waals surface area (Å²) in [4.78, 5) is 0. The van der Waals surface area contributed by atoms with Crippen LogP contribution in [0.3, 0.4) is 0 Å². The minimum atomic E-state index is -0.912. The molecular formula is C12H16O3S3. The maximum Gasteiger partial charge on any atom is 0.170 e. The lowest BCUT2D eigenvalue weighted by Crippen LogP contribution is -2.18. The highest BCUT2D eigenvalue weighted by Gasteiger charge is 2.23. The van der Waals surface area contributed by atoms with E-state index >= 15 is 0 Å². The Morgan fingerprint density at radius 1 is 1.39 bits per heavy atom. The summed E-state index contributed by atoms with van der Waals surface area (Å²) in [5.74, 6) is 0.566. The van der Waals surface area contributed by atoms with Crippen molar-refractivity contribution >= 4 is 39.3 Å². The fourth-order valence-electron chi connectivity index (χ4n) is 1.32. The van der Waals surface area contributed by atoms with E-state index < -0.39 is 6.29 Å². The SMILES string of the molecule is COC(O)C(SC(=S)SCCO)c1ccccc1. The van der Waals surface area contributed by atoms with Gasteiger partial charge in [-0.1, -0.05) is 54.3 Å². The standard InChI is InChI=1S/C12H16O3S3/c1-15-11(14)10(9-5-3-2-4-6-9)18-12(16)17-8-7-13/h2-6,10-11,13-14H,7-8H2,1H3. The third kappa shape index (κ3) is 5.26. The highest BCUT2D eigenvalue weighted by atomic mass is 32.2. The van der Waals surface area contributed by atoms with Crippen molar-refractivity contribution in [3.63, 3.8) is 0 Å². The smallest absolute Gasteiger partial charge is 0.170 e. The highest BCUT2D eigenvalue weighted by Crippen LogP contribution is 2.36. The van der Waals surface area contributed by atoms with Crippen molar-refractivity contribution in [3.8, 4) is 0 Å². The van der Waals surface area contributed by atoms with E-state index in [-0.39, 0.29) is 11.9 Å². The molecular weight excluding hydrogens is 288 g/mol. The van der Waals surface area contributed by atoms with Gasteiger partial charge in [0.2, 0.25) is 0 Å². The summed E-state index contributed by atoms with van der Waals surface area (Å²) < 4.78 is 5.68.